The van der Waals surface area contributed by atoms with Crippen LogP contribution in [0.5, 0.6) is 0 Å². The van der Waals surface area contributed by atoms with Crippen LogP contribution < -0.4 is 0 Å². The Bertz CT molecular complexity index is 681. The summed E-state index contributed by atoms with van der Waals surface area (Å²) >= 11 is 0. The van der Waals surface area contributed by atoms with Crippen LogP contribution in [0.3, 0.4) is 0 Å². The van der Waals surface area contributed by atoms with Gasteiger partial charge in [0.1, 0.15) is 6.20 Å². The molecule has 7 heteroatoms. The van der Waals surface area contributed by atoms with Crippen molar-refractivity contribution in [3.05, 3.63) is 40.2 Å². The van der Waals surface area contributed by atoms with E-state index in [0.717, 1.165) is 18.4 Å². The number of rotatable bonds is 6. The topological polar surface area (TPSA) is 91.6 Å². The molecule has 2 heterocycles. The number of nitrogens with zero attached hydrogens (tertiary/aromatic N) is 2. The minimum Gasteiger partial charge on any atom is -0.433 e. The number of nitro groups is 1. The SMILES string of the molecule is CCCCC(=O)OC1(C)CC(c2ccc([N+](=O)[O-])cn2)=CC(C)(C)O1. The van der Waals surface area contributed by atoms with Crippen LogP contribution in [-0.2, 0) is 14.3 Å². The normalized spacial score (nSPS) is 22.2. The highest BCUT2D eigenvalue weighted by molar-refractivity contribution is 5.71. The lowest BCUT2D eigenvalue weighted by Gasteiger charge is -2.41. The van der Waals surface area contributed by atoms with E-state index in [1.807, 2.05) is 26.8 Å². The lowest BCUT2D eigenvalue weighted by atomic mass is 9.92. The summed E-state index contributed by atoms with van der Waals surface area (Å²) in [5.41, 5.74) is 0.718. The maximum Gasteiger partial charge on any atom is 0.308 e. The minimum atomic E-state index is -1.10. The lowest BCUT2D eigenvalue weighted by Crippen LogP contribution is -2.45. The van der Waals surface area contributed by atoms with E-state index in [-0.39, 0.29) is 11.7 Å². The molecule has 0 bridgehead atoms. The number of hydrogen-bond donors (Lipinski definition) is 0. The Labute approximate surface area is 147 Å². The highest BCUT2D eigenvalue weighted by Gasteiger charge is 2.41. The minimum absolute atomic E-state index is 0.0653. The number of aromatic nitrogens is 1. The molecule has 0 aromatic carbocycles. The van der Waals surface area contributed by atoms with Gasteiger partial charge in [0.25, 0.3) is 5.69 Å². The van der Waals surface area contributed by atoms with Crippen LogP contribution in [0.25, 0.3) is 5.57 Å². The average Bonchev–Trinajstić information content (AvgIpc) is 2.50. The summed E-state index contributed by atoms with van der Waals surface area (Å²) in [5.74, 6) is -1.39. The number of unbranched alkanes of at least 4 members (excludes halogenated alkanes) is 1. The second kappa shape index (κ2) is 7.31. The van der Waals surface area contributed by atoms with Crippen LogP contribution in [0.1, 0.15) is 59.1 Å². The third-order valence-electron chi connectivity index (χ3n) is 3.86. The summed E-state index contributed by atoms with van der Waals surface area (Å²) in [6.07, 6.45) is 5.50. The summed E-state index contributed by atoms with van der Waals surface area (Å²) in [6.45, 7) is 7.48. The molecule has 1 atom stereocenters. The van der Waals surface area contributed by atoms with E-state index >= 15 is 0 Å². The first-order chi connectivity index (χ1) is 11.6. The second-order valence-corrected chi connectivity index (χ2v) is 6.92. The summed E-state index contributed by atoms with van der Waals surface area (Å²) in [6, 6.07) is 3.01. The fourth-order valence-corrected chi connectivity index (χ4v) is 2.96. The van der Waals surface area contributed by atoms with Crippen LogP contribution in [0.2, 0.25) is 0 Å². The number of hydrogen-bond acceptors (Lipinski definition) is 6. The van der Waals surface area contributed by atoms with Gasteiger partial charge in [-0.1, -0.05) is 13.3 Å². The standard InChI is InChI=1S/C18H24N2O5/c1-5-6-7-16(21)24-18(4)11-13(10-17(2,3)25-18)15-9-8-14(12-19-15)20(22)23/h8-10,12H,5-7,11H2,1-4H3. The number of carbonyl (C=O) groups excluding carboxylic acids is 1. The van der Waals surface area contributed by atoms with Gasteiger partial charge >= 0.3 is 5.97 Å². The van der Waals surface area contributed by atoms with E-state index in [0.29, 0.717) is 18.5 Å². The van der Waals surface area contributed by atoms with Gasteiger partial charge in [-0.05, 0) is 38.0 Å². The van der Waals surface area contributed by atoms with Crippen LogP contribution in [-0.4, -0.2) is 27.3 Å². The maximum absolute atomic E-state index is 12.0. The molecule has 1 aromatic rings. The molecule has 0 aliphatic carbocycles. The molecule has 2 rings (SSSR count). The number of ether oxygens (including phenoxy) is 2. The van der Waals surface area contributed by atoms with Crippen LogP contribution in [0.15, 0.2) is 24.4 Å². The van der Waals surface area contributed by atoms with Gasteiger partial charge in [0.05, 0.1) is 16.2 Å². The molecule has 1 aliphatic rings. The molecular weight excluding hydrogens is 324 g/mol. The van der Waals surface area contributed by atoms with Crippen LogP contribution >= 0.6 is 0 Å². The first-order valence-corrected chi connectivity index (χ1v) is 8.39. The first-order valence-electron chi connectivity index (χ1n) is 8.39. The largest absolute Gasteiger partial charge is 0.433 e. The van der Waals surface area contributed by atoms with E-state index in [2.05, 4.69) is 4.98 Å². The molecule has 1 unspecified atom stereocenters. The van der Waals surface area contributed by atoms with Gasteiger partial charge in [0.15, 0.2) is 0 Å². The molecule has 0 N–H and O–H groups in total. The smallest absolute Gasteiger partial charge is 0.308 e. The molecule has 1 aliphatic heterocycles. The molecule has 0 spiro atoms. The highest BCUT2D eigenvalue weighted by atomic mass is 16.7. The number of pyridine rings is 1. The van der Waals surface area contributed by atoms with E-state index in [1.165, 1.54) is 12.3 Å². The summed E-state index contributed by atoms with van der Waals surface area (Å²) in [7, 11) is 0. The third-order valence-corrected chi connectivity index (χ3v) is 3.86. The van der Waals surface area contributed by atoms with Crippen molar-refractivity contribution in [2.24, 2.45) is 0 Å². The Kier molecular flexibility index (Phi) is 5.57. The number of esters is 1. The Morgan fingerprint density at radius 2 is 2.12 bits per heavy atom. The quantitative estimate of drug-likeness (QED) is 0.438. The summed E-state index contributed by atoms with van der Waals surface area (Å²) in [4.78, 5) is 26.5. The van der Waals surface area contributed by atoms with Crippen molar-refractivity contribution in [2.75, 3.05) is 0 Å². The highest BCUT2D eigenvalue weighted by Crippen LogP contribution is 2.39. The average molecular weight is 348 g/mol. The predicted octanol–water partition coefficient (Wildman–Crippen LogP) is 4.02. The van der Waals surface area contributed by atoms with Gasteiger partial charge in [-0.2, -0.15) is 0 Å². The fourth-order valence-electron chi connectivity index (χ4n) is 2.96. The molecule has 0 amide bonds. The Balaban J connectivity index is 2.22. The van der Waals surface area contributed by atoms with Crippen molar-refractivity contribution >= 4 is 17.2 Å². The predicted molar refractivity (Wildman–Crippen MR) is 92.7 cm³/mol. The number of carbonyl (C=O) groups is 1. The molecule has 136 valence electrons. The lowest BCUT2D eigenvalue weighted by molar-refractivity contribution is -0.385. The van der Waals surface area contributed by atoms with E-state index < -0.39 is 16.3 Å². The zero-order chi connectivity index (χ0) is 18.7. The van der Waals surface area contributed by atoms with E-state index in [1.54, 1.807) is 13.0 Å². The molecule has 0 saturated heterocycles. The van der Waals surface area contributed by atoms with Crippen molar-refractivity contribution in [1.29, 1.82) is 0 Å². The zero-order valence-corrected chi connectivity index (χ0v) is 15.1. The van der Waals surface area contributed by atoms with Crippen molar-refractivity contribution in [3.8, 4) is 0 Å². The van der Waals surface area contributed by atoms with Gasteiger partial charge < -0.3 is 9.47 Å². The molecule has 7 nitrogen and oxygen atoms in total. The van der Waals surface area contributed by atoms with E-state index in [9.17, 15) is 14.9 Å². The van der Waals surface area contributed by atoms with Crippen molar-refractivity contribution in [1.82, 2.24) is 4.98 Å². The first kappa shape index (κ1) is 19.1. The van der Waals surface area contributed by atoms with Gasteiger partial charge in [-0.3, -0.25) is 14.9 Å². The maximum atomic E-state index is 12.0. The van der Waals surface area contributed by atoms with Crippen molar-refractivity contribution in [3.63, 3.8) is 0 Å². The summed E-state index contributed by atoms with van der Waals surface area (Å²) < 4.78 is 11.6. The molecular formula is C18H24N2O5. The monoisotopic (exact) mass is 348 g/mol. The van der Waals surface area contributed by atoms with Crippen LogP contribution in [0.4, 0.5) is 5.69 Å². The fraction of sp³-hybridized carbons (Fsp3) is 0.556. The molecule has 0 saturated carbocycles. The molecule has 0 fully saturated rings. The summed E-state index contributed by atoms with van der Waals surface area (Å²) in [5, 5.41) is 10.8. The van der Waals surface area contributed by atoms with Gasteiger partial charge in [-0.15, -0.1) is 0 Å². The van der Waals surface area contributed by atoms with Crippen molar-refractivity contribution < 1.29 is 19.2 Å². The van der Waals surface area contributed by atoms with Gasteiger partial charge in [0.2, 0.25) is 5.79 Å². The molecule has 0 radical (unpaired) electrons. The Morgan fingerprint density at radius 3 is 2.68 bits per heavy atom. The third kappa shape index (κ3) is 5.09. The van der Waals surface area contributed by atoms with Crippen molar-refractivity contribution in [2.45, 2.75) is 64.8 Å². The van der Waals surface area contributed by atoms with E-state index in [4.69, 9.17) is 9.47 Å². The Morgan fingerprint density at radius 1 is 1.40 bits per heavy atom. The second-order valence-electron chi connectivity index (χ2n) is 6.92. The molecule has 25 heavy (non-hydrogen) atoms. The molecule has 1 aromatic heterocycles. The Hall–Kier alpha value is -2.28. The van der Waals surface area contributed by atoms with Crippen LogP contribution in [0, 0.1) is 10.1 Å². The zero-order valence-electron chi connectivity index (χ0n) is 15.1. The van der Waals surface area contributed by atoms with Gasteiger partial charge in [-0.25, -0.2) is 4.98 Å². The van der Waals surface area contributed by atoms with Gasteiger partial charge in [0, 0.05) is 25.8 Å².